The van der Waals surface area contributed by atoms with E-state index in [1.54, 1.807) is 42.1 Å². The molecule has 0 aliphatic carbocycles. The molecular formula is C27H37N5O7. The third-order valence-electron chi connectivity index (χ3n) is 6.72. The maximum absolute atomic E-state index is 13.7. The van der Waals surface area contributed by atoms with Crippen molar-refractivity contribution in [3.63, 3.8) is 0 Å². The zero-order valence-electron chi connectivity index (χ0n) is 22.5. The number of carbonyl (C=O) groups is 3. The summed E-state index contributed by atoms with van der Waals surface area (Å²) in [6.45, 7) is 3.92. The van der Waals surface area contributed by atoms with Crippen LogP contribution < -0.4 is 10.2 Å². The Morgan fingerprint density at radius 1 is 1.23 bits per heavy atom. The monoisotopic (exact) mass is 543 g/mol. The van der Waals surface area contributed by atoms with Gasteiger partial charge in [0.05, 0.1) is 18.5 Å². The number of hydrogen-bond acceptors (Lipinski definition) is 9. The lowest BCUT2D eigenvalue weighted by atomic mass is 9.82. The Labute approximate surface area is 227 Å². The molecular weight excluding hydrogens is 506 g/mol. The molecule has 39 heavy (non-hydrogen) atoms. The molecule has 0 bridgehead atoms. The molecule has 1 aromatic heterocycles. The van der Waals surface area contributed by atoms with Crippen molar-refractivity contribution in [1.82, 2.24) is 15.0 Å². The van der Waals surface area contributed by atoms with Crippen LogP contribution in [0.15, 0.2) is 36.5 Å². The molecule has 3 atom stereocenters. The van der Waals surface area contributed by atoms with Crippen molar-refractivity contribution in [1.29, 1.82) is 0 Å². The standard InChI is InChI=1S/C27H37N5O7/c1-18(8-4-6-13-31-17-21(12-15-33)29-30-31)27(38)22-16-20(28-25(36)19(2)34)10-11-23(22)32(26(27)37)14-7-5-9-24(35)39-3/h4,8,10-11,16-19,33-34,38H,5-7,9,12-15H2,1-3H3,(H,28,36)/b8-4+/t18-,19+,27+/m1/s1. The van der Waals surface area contributed by atoms with Gasteiger partial charge >= 0.3 is 5.97 Å². The summed E-state index contributed by atoms with van der Waals surface area (Å²) in [5, 5.41) is 41.1. The molecule has 0 spiro atoms. The summed E-state index contributed by atoms with van der Waals surface area (Å²) < 4.78 is 6.34. The van der Waals surface area contributed by atoms with Crippen LogP contribution in [0.4, 0.5) is 11.4 Å². The van der Waals surface area contributed by atoms with Crippen molar-refractivity contribution in [2.24, 2.45) is 5.92 Å². The minimum absolute atomic E-state index is 0.00306. The Hall–Kier alpha value is -3.61. The van der Waals surface area contributed by atoms with E-state index in [9.17, 15) is 24.6 Å². The first-order chi connectivity index (χ1) is 18.6. The lowest BCUT2D eigenvalue weighted by Crippen LogP contribution is -2.44. The molecule has 12 nitrogen and oxygen atoms in total. The Balaban J connectivity index is 1.79. The summed E-state index contributed by atoms with van der Waals surface area (Å²) in [5.41, 5.74) is 0.0316. The van der Waals surface area contributed by atoms with E-state index in [0.29, 0.717) is 61.4 Å². The average molecular weight is 544 g/mol. The van der Waals surface area contributed by atoms with Gasteiger partial charge in [0.1, 0.15) is 6.10 Å². The van der Waals surface area contributed by atoms with E-state index in [4.69, 9.17) is 5.11 Å². The predicted molar refractivity (Wildman–Crippen MR) is 143 cm³/mol. The zero-order valence-corrected chi connectivity index (χ0v) is 22.5. The minimum atomic E-state index is -1.89. The highest BCUT2D eigenvalue weighted by molar-refractivity contribution is 6.08. The van der Waals surface area contributed by atoms with Gasteiger partial charge in [0.15, 0.2) is 5.60 Å². The van der Waals surface area contributed by atoms with Gasteiger partial charge in [-0.2, -0.15) is 0 Å². The molecule has 1 aromatic carbocycles. The lowest BCUT2D eigenvalue weighted by Gasteiger charge is -2.28. The molecule has 0 fully saturated rings. The zero-order chi connectivity index (χ0) is 28.6. The van der Waals surface area contributed by atoms with Crippen molar-refractivity contribution in [2.45, 2.75) is 64.2 Å². The van der Waals surface area contributed by atoms with Crippen molar-refractivity contribution in [2.75, 3.05) is 30.5 Å². The number of benzene rings is 1. The molecule has 3 rings (SSSR count). The van der Waals surface area contributed by atoms with E-state index in [0.717, 1.165) is 0 Å². The first kappa shape index (κ1) is 29.9. The molecule has 1 aliphatic rings. The molecule has 2 heterocycles. The molecule has 12 heteroatoms. The molecule has 0 saturated heterocycles. The van der Waals surface area contributed by atoms with Gasteiger partial charge in [-0.15, -0.1) is 5.10 Å². The number of fused-ring (bicyclic) bond motifs is 1. The fourth-order valence-electron chi connectivity index (χ4n) is 4.46. The Morgan fingerprint density at radius 2 is 2.00 bits per heavy atom. The number of unbranched alkanes of at least 4 members (excludes halogenated alkanes) is 1. The molecule has 0 saturated carbocycles. The molecule has 2 aromatic rings. The number of ether oxygens (including phenoxy) is 1. The number of nitrogens with one attached hydrogen (secondary N) is 1. The molecule has 0 unspecified atom stereocenters. The normalized spacial score (nSPS) is 18.3. The number of methoxy groups -OCH3 is 1. The number of esters is 1. The number of allylic oxidation sites excluding steroid dienone is 1. The van der Waals surface area contributed by atoms with E-state index < -0.39 is 29.4 Å². The second-order valence-electron chi connectivity index (χ2n) is 9.61. The van der Waals surface area contributed by atoms with Gasteiger partial charge < -0.3 is 30.3 Å². The van der Waals surface area contributed by atoms with Gasteiger partial charge in [0.25, 0.3) is 11.8 Å². The third kappa shape index (κ3) is 7.08. The highest BCUT2D eigenvalue weighted by Crippen LogP contribution is 2.46. The van der Waals surface area contributed by atoms with E-state index in [2.05, 4.69) is 20.4 Å². The van der Waals surface area contributed by atoms with Crippen LogP contribution in [0.2, 0.25) is 0 Å². The Bertz CT molecular complexity index is 1190. The fourth-order valence-corrected chi connectivity index (χ4v) is 4.46. The number of hydrogen-bond donors (Lipinski definition) is 4. The van der Waals surface area contributed by atoms with Crippen LogP contribution in [0.5, 0.6) is 0 Å². The van der Waals surface area contributed by atoms with Crippen LogP contribution in [0, 0.1) is 5.92 Å². The minimum Gasteiger partial charge on any atom is -0.469 e. The molecule has 2 amide bonds. The first-order valence-corrected chi connectivity index (χ1v) is 13.0. The van der Waals surface area contributed by atoms with E-state index in [-0.39, 0.29) is 19.0 Å². The van der Waals surface area contributed by atoms with Crippen LogP contribution in [-0.2, 0) is 37.7 Å². The van der Waals surface area contributed by atoms with E-state index >= 15 is 0 Å². The second kappa shape index (κ2) is 13.5. The van der Waals surface area contributed by atoms with Crippen LogP contribution in [-0.4, -0.2) is 74.5 Å². The van der Waals surface area contributed by atoms with Gasteiger partial charge in [-0.3, -0.25) is 19.1 Å². The number of aliphatic hydroxyl groups is 3. The van der Waals surface area contributed by atoms with Crippen LogP contribution in [0.1, 0.15) is 50.8 Å². The Kier molecular flexibility index (Phi) is 10.3. The van der Waals surface area contributed by atoms with Gasteiger partial charge in [-0.05, 0) is 44.4 Å². The summed E-state index contributed by atoms with van der Waals surface area (Å²) in [6.07, 6.45) is 6.45. The number of carbonyl (C=O) groups excluding carboxylic acids is 3. The largest absolute Gasteiger partial charge is 0.469 e. The molecule has 4 N–H and O–H groups in total. The number of aryl methyl sites for hydroxylation is 1. The number of nitrogens with zero attached hydrogens (tertiary/aromatic N) is 4. The van der Waals surface area contributed by atoms with Gasteiger partial charge in [0.2, 0.25) is 0 Å². The van der Waals surface area contributed by atoms with Gasteiger partial charge in [-0.25, -0.2) is 0 Å². The SMILES string of the molecule is COC(=O)CCCCN1C(=O)[C@](O)([C@H](C)/C=C/CCn2cc(CCO)nn2)c2cc(NC(=O)[C@H](C)O)ccc21. The quantitative estimate of drug-likeness (QED) is 0.156. The number of aromatic nitrogens is 3. The maximum Gasteiger partial charge on any atom is 0.305 e. The summed E-state index contributed by atoms with van der Waals surface area (Å²) in [4.78, 5) is 38.7. The number of amides is 2. The van der Waals surface area contributed by atoms with Crippen molar-refractivity contribution >= 4 is 29.2 Å². The predicted octanol–water partition coefficient (Wildman–Crippen LogP) is 1.29. The number of rotatable bonds is 14. The van der Waals surface area contributed by atoms with E-state index in [1.807, 2.05) is 6.08 Å². The Morgan fingerprint density at radius 3 is 2.69 bits per heavy atom. The van der Waals surface area contributed by atoms with Gasteiger partial charge in [0, 0.05) is 55.9 Å². The summed E-state index contributed by atoms with van der Waals surface area (Å²) in [5.74, 6) is -2.04. The fraction of sp³-hybridized carbons (Fsp3) is 0.519. The first-order valence-electron chi connectivity index (χ1n) is 13.0. The average Bonchev–Trinajstić information content (AvgIpc) is 3.45. The van der Waals surface area contributed by atoms with Crippen molar-refractivity contribution < 1.29 is 34.4 Å². The highest BCUT2D eigenvalue weighted by Gasteiger charge is 2.52. The number of aliphatic hydroxyl groups excluding tert-OH is 2. The molecule has 212 valence electrons. The lowest BCUT2D eigenvalue weighted by molar-refractivity contribution is -0.140. The topological polar surface area (TPSA) is 167 Å². The summed E-state index contributed by atoms with van der Waals surface area (Å²) in [6, 6.07) is 4.84. The van der Waals surface area contributed by atoms with Crippen molar-refractivity contribution in [3.05, 3.63) is 47.8 Å². The van der Waals surface area contributed by atoms with Crippen LogP contribution in [0.3, 0.4) is 0 Å². The van der Waals surface area contributed by atoms with Crippen molar-refractivity contribution in [3.8, 4) is 0 Å². The summed E-state index contributed by atoms with van der Waals surface area (Å²) >= 11 is 0. The van der Waals surface area contributed by atoms with E-state index in [1.165, 1.54) is 18.9 Å². The third-order valence-corrected chi connectivity index (χ3v) is 6.72. The maximum atomic E-state index is 13.7. The second-order valence-corrected chi connectivity index (χ2v) is 9.61. The van der Waals surface area contributed by atoms with Gasteiger partial charge in [-0.1, -0.05) is 24.3 Å². The summed E-state index contributed by atoms with van der Waals surface area (Å²) in [7, 11) is 1.33. The smallest absolute Gasteiger partial charge is 0.305 e. The molecule has 0 radical (unpaired) electrons. The molecule has 1 aliphatic heterocycles. The highest BCUT2D eigenvalue weighted by atomic mass is 16.5. The van der Waals surface area contributed by atoms with Crippen LogP contribution >= 0.6 is 0 Å². The number of anilines is 2. The van der Waals surface area contributed by atoms with Crippen LogP contribution in [0.25, 0.3) is 0 Å².